The molecule has 1 aliphatic rings. The predicted octanol–water partition coefficient (Wildman–Crippen LogP) is 2.19. The van der Waals surface area contributed by atoms with E-state index in [2.05, 4.69) is 10.2 Å². The van der Waals surface area contributed by atoms with Crippen LogP contribution in [0.3, 0.4) is 0 Å². The van der Waals surface area contributed by atoms with E-state index in [9.17, 15) is 4.79 Å². The maximum atomic E-state index is 12.9. The van der Waals surface area contributed by atoms with Gasteiger partial charge >= 0.3 is 0 Å². The smallest absolute Gasteiger partial charge is 0.254 e. The molecular weight excluding hydrogens is 350 g/mol. The maximum absolute atomic E-state index is 12.9. The van der Waals surface area contributed by atoms with Crippen molar-refractivity contribution in [3.63, 3.8) is 0 Å². The van der Waals surface area contributed by atoms with Crippen molar-refractivity contribution in [2.24, 2.45) is 0 Å². The van der Waals surface area contributed by atoms with Crippen molar-refractivity contribution in [3.8, 4) is 23.1 Å². The Morgan fingerprint density at radius 2 is 1.74 bits per heavy atom. The number of piperidine rings is 1. The SMILES string of the molecule is COc1cc(C(=O)N2CCC(Oc3cccnn3)CC2)cc(OC)c1OC. The number of nitrogens with zero attached hydrogens (tertiary/aromatic N) is 3. The van der Waals surface area contributed by atoms with Gasteiger partial charge in [-0.3, -0.25) is 4.79 Å². The quantitative estimate of drug-likeness (QED) is 0.767. The van der Waals surface area contributed by atoms with E-state index in [-0.39, 0.29) is 12.0 Å². The summed E-state index contributed by atoms with van der Waals surface area (Å²) in [6.07, 6.45) is 3.08. The molecule has 0 bridgehead atoms. The lowest BCUT2D eigenvalue weighted by Gasteiger charge is -2.32. The van der Waals surface area contributed by atoms with Gasteiger partial charge in [-0.05, 0) is 18.2 Å². The standard InChI is InChI=1S/C19H23N3O5/c1-24-15-11-13(12-16(25-2)18(15)26-3)19(23)22-9-6-14(7-10-22)27-17-5-4-8-20-21-17/h4-5,8,11-12,14H,6-7,9-10H2,1-3H3. The molecule has 2 aromatic rings. The first kappa shape index (κ1) is 18.8. The summed E-state index contributed by atoms with van der Waals surface area (Å²) in [5.74, 6) is 1.81. The monoisotopic (exact) mass is 373 g/mol. The zero-order valence-corrected chi connectivity index (χ0v) is 15.7. The third-order valence-corrected chi connectivity index (χ3v) is 4.48. The van der Waals surface area contributed by atoms with Crippen LogP contribution in [0.4, 0.5) is 0 Å². The number of carbonyl (C=O) groups is 1. The van der Waals surface area contributed by atoms with Gasteiger partial charge in [0.2, 0.25) is 11.6 Å². The summed E-state index contributed by atoms with van der Waals surface area (Å²) < 4.78 is 21.8. The summed E-state index contributed by atoms with van der Waals surface area (Å²) in [5.41, 5.74) is 0.498. The van der Waals surface area contributed by atoms with Gasteiger partial charge in [0.25, 0.3) is 5.91 Å². The van der Waals surface area contributed by atoms with Gasteiger partial charge in [-0.1, -0.05) is 0 Å². The number of hydrogen-bond donors (Lipinski definition) is 0. The van der Waals surface area contributed by atoms with Crippen molar-refractivity contribution in [3.05, 3.63) is 36.0 Å². The van der Waals surface area contributed by atoms with E-state index in [0.717, 1.165) is 12.8 Å². The molecule has 2 heterocycles. The third-order valence-electron chi connectivity index (χ3n) is 4.48. The van der Waals surface area contributed by atoms with Gasteiger partial charge in [-0.25, -0.2) is 0 Å². The molecule has 0 unspecified atom stereocenters. The van der Waals surface area contributed by atoms with Crippen molar-refractivity contribution < 1.29 is 23.7 Å². The lowest BCUT2D eigenvalue weighted by Crippen LogP contribution is -2.41. The number of rotatable bonds is 6. The van der Waals surface area contributed by atoms with E-state index in [0.29, 0.717) is 41.8 Å². The molecule has 0 atom stereocenters. The molecule has 1 aromatic heterocycles. The number of carbonyl (C=O) groups excluding carboxylic acids is 1. The van der Waals surface area contributed by atoms with Crippen molar-refractivity contribution >= 4 is 5.91 Å². The van der Waals surface area contributed by atoms with Crippen LogP contribution in [0.25, 0.3) is 0 Å². The summed E-state index contributed by atoms with van der Waals surface area (Å²) in [6, 6.07) is 6.91. The van der Waals surface area contributed by atoms with E-state index in [1.54, 1.807) is 35.4 Å². The number of aromatic nitrogens is 2. The lowest BCUT2D eigenvalue weighted by molar-refractivity contribution is 0.0585. The van der Waals surface area contributed by atoms with E-state index in [1.165, 1.54) is 21.3 Å². The summed E-state index contributed by atoms with van der Waals surface area (Å²) >= 11 is 0. The second kappa shape index (κ2) is 8.57. The molecule has 0 aliphatic carbocycles. The first-order valence-corrected chi connectivity index (χ1v) is 8.70. The number of ether oxygens (including phenoxy) is 4. The molecule has 0 N–H and O–H groups in total. The minimum atomic E-state index is -0.0767. The van der Waals surface area contributed by atoms with E-state index in [4.69, 9.17) is 18.9 Å². The van der Waals surface area contributed by atoms with Gasteiger partial charge in [0.15, 0.2) is 11.5 Å². The maximum Gasteiger partial charge on any atom is 0.254 e. The summed E-state index contributed by atoms with van der Waals surface area (Å²) in [7, 11) is 4.59. The fraction of sp³-hybridized carbons (Fsp3) is 0.421. The second-order valence-corrected chi connectivity index (χ2v) is 6.09. The predicted molar refractivity (Wildman–Crippen MR) is 97.7 cm³/mol. The van der Waals surface area contributed by atoms with Gasteiger partial charge in [-0.15, -0.1) is 5.10 Å². The lowest BCUT2D eigenvalue weighted by atomic mass is 10.1. The van der Waals surface area contributed by atoms with Crippen LogP contribution in [0.2, 0.25) is 0 Å². The van der Waals surface area contributed by atoms with Gasteiger partial charge in [0.1, 0.15) is 6.10 Å². The largest absolute Gasteiger partial charge is 0.493 e. The molecule has 1 aliphatic heterocycles. The molecule has 8 nitrogen and oxygen atoms in total. The van der Waals surface area contributed by atoms with Crippen LogP contribution in [0.5, 0.6) is 23.1 Å². The van der Waals surface area contributed by atoms with Gasteiger partial charge in [0, 0.05) is 43.8 Å². The zero-order valence-electron chi connectivity index (χ0n) is 15.7. The highest BCUT2D eigenvalue weighted by Gasteiger charge is 2.26. The highest BCUT2D eigenvalue weighted by molar-refractivity contribution is 5.95. The Bertz CT molecular complexity index is 751. The summed E-state index contributed by atoms with van der Waals surface area (Å²) in [4.78, 5) is 14.7. The molecule has 1 fully saturated rings. The van der Waals surface area contributed by atoms with E-state index >= 15 is 0 Å². The minimum absolute atomic E-state index is 0.0192. The van der Waals surface area contributed by atoms with Crippen LogP contribution < -0.4 is 18.9 Å². The molecule has 0 saturated carbocycles. The average molecular weight is 373 g/mol. The Morgan fingerprint density at radius 1 is 1.07 bits per heavy atom. The zero-order chi connectivity index (χ0) is 19.2. The Labute approximate surface area is 158 Å². The number of likely N-dealkylation sites (tertiary alicyclic amines) is 1. The normalized spacial score (nSPS) is 14.6. The minimum Gasteiger partial charge on any atom is -0.493 e. The summed E-state index contributed by atoms with van der Waals surface area (Å²) in [6.45, 7) is 1.20. The second-order valence-electron chi connectivity index (χ2n) is 6.09. The fourth-order valence-electron chi connectivity index (χ4n) is 3.08. The number of amides is 1. The molecule has 144 valence electrons. The molecule has 27 heavy (non-hydrogen) atoms. The Balaban J connectivity index is 1.67. The number of hydrogen-bond acceptors (Lipinski definition) is 7. The van der Waals surface area contributed by atoms with Gasteiger partial charge in [-0.2, -0.15) is 5.10 Å². The van der Waals surface area contributed by atoms with Crippen LogP contribution in [-0.2, 0) is 0 Å². The van der Waals surface area contributed by atoms with Crippen LogP contribution in [0.1, 0.15) is 23.2 Å². The molecule has 0 spiro atoms. The molecule has 1 saturated heterocycles. The van der Waals surface area contributed by atoms with Gasteiger partial charge in [0.05, 0.1) is 21.3 Å². The van der Waals surface area contributed by atoms with E-state index < -0.39 is 0 Å². The van der Waals surface area contributed by atoms with Crippen LogP contribution >= 0.6 is 0 Å². The van der Waals surface area contributed by atoms with Crippen molar-refractivity contribution in [2.45, 2.75) is 18.9 Å². The van der Waals surface area contributed by atoms with Crippen LogP contribution in [-0.4, -0.2) is 61.5 Å². The Hall–Kier alpha value is -3.03. The van der Waals surface area contributed by atoms with Crippen molar-refractivity contribution in [1.82, 2.24) is 15.1 Å². The topological polar surface area (TPSA) is 83.0 Å². The van der Waals surface area contributed by atoms with Crippen molar-refractivity contribution in [2.75, 3.05) is 34.4 Å². The molecule has 1 amide bonds. The highest BCUT2D eigenvalue weighted by atomic mass is 16.5. The molecule has 8 heteroatoms. The number of methoxy groups -OCH3 is 3. The summed E-state index contributed by atoms with van der Waals surface area (Å²) in [5, 5.41) is 7.74. The number of benzene rings is 1. The fourth-order valence-corrected chi connectivity index (χ4v) is 3.08. The molecule has 1 aromatic carbocycles. The molecule has 0 radical (unpaired) electrons. The van der Waals surface area contributed by atoms with E-state index in [1.807, 2.05) is 0 Å². The third kappa shape index (κ3) is 4.21. The Kier molecular flexibility index (Phi) is 5.95. The average Bonchev–Trinajstić information content (AvgIpc) is 2.73. The highest BCUT2D eigenvalue weighted by Crippen LogP contribution is 2.38. The molecule has 3 rings (SSSR count). The van der Waals surface area contributed by atoms with Crippen molar-refractivity contribution in [1.29, 1.82) is 0 Å². The van der Waals surface area contributed by atoms with Gasteiger partial charge < -0.3 is 23.8 Å². The Morgan fingerprint density at radius 3 is 2.26 bits per heavy atom. The molecular formula is C19H23N3O5. The van der Waals surface area contributed by atoms with Crippen LogP contribution in [0.15, 0.2) is 30.5 Å². The first-order chi connectivity index (χ1) is 13.2. The first-order valence-electron chi connectivity index (χ1n) is 8.70. The van der Waals surface area contributed by atoms with Crippen LogP contribution in [0, 0.1) is 0 Å².